The van der Waals surface area contributed by atoms with Crippen molar-refractivity contribution in [3.05, 3.63) is 35.4 Å². The van der Waals surface area contributed by atoms with E-state index in [-0.39, 0.29) is 0 Å². The lowest BCUT2D eigenvalue weighted by atomic mass is 10.1. The molecule has 2 nitrogen and oxygen atoms in total. The largest absolute Gasteiger partial charge is 0.372 e. The molecule has 94 valence electrons. The van der Waals surface area contributed by atoms with Crippen molar-refractivity contribution in [1.29, 1.82) is 5.26 Å². The zero-order valence-corrected chi connectivity index (χ0v) is 11.0. The second kappa shape index (κ2) is 6.26. The molecule has 18 heavy (non-hydrogen) atoms. The summed E-state index contributed by atoms with van der Waals surface area (Å²) < 4.78 is 0. The SMILES string of the molecule is Cc1cc(N2CCCCCC2)ccc1/C=C/C#N. The van der Waals surface area contributed by atoms with Crippen molar-refractivity contribution in [3.8, 4) is 6.07 Å². The molecule has 0 amide bonds. The molecule has 0 radical (unpaired) electrons. The minimum atomic E-state index is 1.13. The van der Waals surface area contributed by atoms with Gasteiger partial charge in [0.25, 0.3) is 0 Å². The van der Waals surface area contributed by atoms with Crippen LogP contribution in [0.15, 0.2) is 24.3 Å². The summed E-state index contributed by atoms with van der Waals surface area (Å²) in [6, 6.07) is 8.57. The van der Waals surface area contributed by atoms with E-state index >= 15 is 0 Å². The third kappa shape index (κ3) is 3.13. The molecule has 0 atom stereocenters. The predicted octanol–water partition coefficient (Wildman–Crippen LogP) is 3.91. The molecule has 0 aromatic heterocycles. The molecule has 1 aromatic rings. The molecule has 1 aliphatic rings. The first-order chi connectivity index (χ1) is 8.81. The summed E-state index contributed by atoms with van der Waals surface area (Å²) in [5.41, 5.74) is 3.70. The first-order valence-electron chi connectivity index (χ1n) is 6.73. The number of hydrogen-bond donors (Lipinski definition) is 0. The fraction of sp³-hybridized carbons (Fsp3) is 0.438. The van der Waals surface area contributed by atoms with E-state index in [1.165, 1.54) is 56.1 Å². The van der Waals surface area contributed by atoms with Gasteiger partial charge in [-0.15, -0.1) is 0 Å². The molecule has 1 saturated heterocycles. The lowest BCUT2D eigenvalue weighted by Gasteiger charge is -2.23. The van der Waals surface area contributed by atoms with E-state index in [1.54, 1.807) is 0 Å². The van der Waals surface area contributed by atoms with E-state index in [2.05, 4.69) is 30.0 Å². The Bertz CT molecular complexity index is 460. The van der Waals surface area contributed by atoms with Crippen molar-refractivity contribution in [2.24, 2.45) is 0 Å². The Morgan fingerprint density at radius 3 is 2.50 bits per heavy atom. The van der Waals surface area contributed by atoms with Gasteiger partial charge < -0.3 is 4.90 Å². The highest BCUT2D eigenvalue weighted by atomic mass is 15.1. The smallest absolute Gasteiger partial charge is 0.0912 e. The Morgan fingerprint density at radius 1 is 1.17 bits per heavy atom. The molecule has 1 aliphatic heterocycles. The fourth-order valence-electron chi connectivity index (χ4n) is 2.50. The first kappa shape index (κ1) is 12.7. The standard InChI is InChI=1S/C16H20N2/c1-14-13-16(9-8-15(14)7-6-10-17)18-11-4-2-3-5-12-18/h6-9,13H,2-5,11-12H2,1H3/b7-6+. The second-order valence-electron chi connectivity index (χ2n) is 4.90. The summed E-state index contributed by atoms with van der Waals surface area (Å²) in [5.74, 6) is 0. The van der Waals surface area contributed by atoms with E-state index in [1.807, 2.05) is 12.1 Å². The van der Waals surface area contributed by atoms with Gasteiger partial charge in [-0.05, 0) is 49.1 Å². The molecule has 0 saturated carbocycles. The van der Waals surface area contributed by atoms with Crippen LogP contribution in [0.5, 0.6) is 0 Å². The number of anilines is 1. The minimum Gasteiger partial charge on any atom is -0.372 e. The Kier molecular flexibility index (Phi) is 4.41. The number of rotatable bonds is 2. The quantitative estimate of drug-likeness (QED) is 0.733. The molecule has 2 heteroatoms. The highest BCUT2D eigenvalue weighted by Crippen LogP contribution is 2.23. The zero-order chi connectivity index (χ0) is 12.8. The van der Waals surface area contributed by atoms with E-state index in [0.29, 0.717) is 0 Å². The van der Waals surface area contributed by atoms with Crippen LogP contribution in [0, 0.1) is 18.3 Å². The van der Waals surface area contributed by atoms with Gasteiger partial charge in [0.2, 0.25) is 0 Å². The maximum Gasteiger partial charge on any atom is 0.0912 e. The summed E-state index contributed by atoms with van der Waals surface area (Å²) in [5, 5.41) is 8.56. The average Bonchev–Trinajstić information content (AvgIpc) is 2.66. The number of benzene rings is 1. The highest BCUT2D eigenvalue weighted by molar-refractivity contribution is 5.61. The maximum absolute atomic E-state index is 8.56. The number of nitriles is 1. The minimum absolute atomic E-state index is 1.13. The van der Waals surface area contributed by atoms with Crippen LogP contribution in [-0.2, 0) is 0 Å². The molecule has 1 fully saturated rings. The molecular weight excluding hydrogens is 220 g/mol. The predicted molar refractivity (Wildman–Crippen MR) is 76.5 cm³/mol. The van der Waals surface area contributed by atoms with Crippen molar-refractivity contribution >= 4 is 11.8 Å². The van der Waals surface area contributed by atoms with Crippen molar-refractivity contribution in [2.75, 3.05) is 18.0 Å². The molecule has 0 aliphatic carbocycles. The normalized spacial score (nSPS) is 16.6. The van der Waals surface area contributed by atoms with Gasteiger partial charge in [-0.2, -0.15) is 5.26 Å². The fourth-order valence-corrected chi connectivity index (χ4v) is 2.50. The average molecular weight is 240 g/mol. The Hall–Kier alpha value is -1.75. The van der Waals surface area contributed by atoms with Gasteiger partial charge in [0.15, 0.2) is 0 Å². The van der Waals surface area contributed by atoms with Crippen molar-refractivity contribution in [2.45, 2.75) is 32.6 Å². The van der Waals surface area contributed by atoms with E-state index in [0.717, 1.165) is 5.56 Å². The Balaban J connectivity index is 2.17. The second-order valence-corrected chi connectivity index (χ2v) is 4.90. The summed E-state index contributed by atoms with van der Waals surface area (Å²) in [6.07, 6.45) is 8.73. The summed E-state index contributed by atoms with van der Waals surface area (Å²) in [7, 11) is 0. The lowest BCUT2D eigenvalue weighted by molar-refractivity contribution is 0.726. The number of nitrogens with zero attached hydrogens (tertiary/aromatic N) is 2. The van der Waals surface area contributed by atoms with Crippen LogP contribution in [-0.4, -0.2) is 13.1 Å². The van der Waals surface area contributed by atoms with Crippen LogP contribution in [0.25, 0.3) is 6.08 Å². The van der Waals surface area contributed by atoms with Crippen LogP contribution in [0.3, 0.4) is 0 Å². The van der Waals surface area contributed by atoms with E-state index in [9.17, 15) is 0 Å². The molecule has 0 N–H and O–H groups in total. The topological polar surface area (TPSA) is 27.0 Å². The summed E-state index contributed by atoms with van der Waals surface area (Å²) in [4.78, 5) is 2.48. The third-order valence-corrected chi connectivity index (χ3v) is 3.56. The third-order valence-electron chi connectivity index (χ3n) is 3.56. The van der Waals surface area contributed by atoms with E-state index in [4.69, 9.17) is 5.26 Å². The van der Waals surface area contributed by atoms with Gasteiger partial charge in [0.05, 0.1) is 6.07 Å². The van der Waals surface area contributed by atoms with Crippen LogP contribution >= 0.6 is 0 Å². The van der Waals surface area contributed by atoms with Gasteiger partial charge in [-0.3, -0.25) is 0 Å². The molecule has 1 heterocycles. The maximum atomic E-state index is 8.56. The van der Waals surface area contributed by atoms with E-state index < -0.39 is 0 Å². The number of hydrogen-bond acceptors (Lipinski definition) is 2. The molecule has 0 unspecified atom stereocenters. The number of aryl methyl sites for hydroxylation is 1. The van der Waals surface area contributed by atoms with Crippen LogP contribution in [0.2, 0.25) is 0 Å². The number of allylic oxidation sites excluding steroid dienone is 1. The molecule has 0 bridgehead atoms. The molecule has 0 spiro atoms. The zero-order valence-electron chi connectivity index (χ0n) is 11.0. The van der Waals surface area contributed by atoms with Gasteiger partial charge in [0, 0.05) is 24.9 Å². The first-order valence-corrected chi connectivity index (χ1v) is 6.73. The Labute approximate surface area is 110 Å². The lowest BCUT2D eigenvalue weighted by Crippen LogP contribution is -2.23. The van der Waals surface area contributed by atoms with Gasteiger partial charge in [0.1, 0.15) is 0 Å². The van der Waals surface area contributed by atoms with Crippen molar-refractivity contribution < 1.29 is 0 Å². The summed E-state index contributed by atoms with van der Waals surface area (Å²) in [6.45, 7) is 4.46. The van der Waals surface area contributed by atoms with Crippen LogP contribution in [0.1, 0.15) is 36.8 Å². The van der Waals surface area contributed by atoms with Crippen molar-refractivity contribution in [3.63, 3.8) is 0 Å². The van der Waals surface area contributed by atoms with Gasteiger partial charge in [-0.1, -0.05) is 18.9 Å². The van der Waals surface area contributed by atoms with Crippen LogP contribution in [0.4, 0.5) is 5.69 Å². The Morgan fingerprint density at radius 2 is 1.89 bits per heavy atom. The molecular formula is C16H20N2. The summed E-state index contributed by atoms with van der Waals surface area (Å²) >= 11 is 0. The van der Waals surface area contributed by atoms with Crippen LogP contribution < -0.4 is 4.90 Å². The molecule has 1 aromatic carbocycles. The highest BCUT2D eigenvalue weighted by Gasteiger charge is 2.10. The van der Waals surface area contributed by atoms with Gasteiger partial charge >= 0.3 is 0 Å². The monoisotopic (exact) mass is 240 g/mol. The molecule has 2 rings (SSSR count). The van der Waals surface area contributed by atoms with Gasteiger partial charge in [-0.25, -0.2) is 0 Å². The van der Waals surface area contributed by atoms with Crippen molar-refractivity contribution in [1.82, 2.24) is 0 Å².